The summed E-state index contributed by atoms with van der Waals surface area (Å²) in [6.07, 6.45) is 10.4. The average Bonchev–Trinajstić information content (AvgIpc) is 3.00. The number of primary amides is 1. The minimum atomic E-state index is -0.411. The molecule has 0 saturated carbocycles. The molecule has 0 bridgehead atoms. The van der Waals surface area contributed by atoms with Crippen molar-refractivity contribution in [1.29, 1.82) is 5.26 Å². The second-order valence-corrected chi connectivity index (χ2v) is 10.5. The van der Waals surface area contributed by atoms with Gasteiger partial charge in [0.15, 0.2) is 0 Å². The predicted molar refractivity (Wildman–Crippen MR) is 163 cm³/mol. The van der Waals surface area contributed by atoms with Crippen LogP contribution in [0.3, 0.4) is 0 Å². The van der Waals surface area contributed by atoms with Crippen LogP contribution in [0, 0.1) is 25.2 Å². The minimum absolute atomic E-state index is 0.229. The van der Waals surface area contributed by atoms with Gasteiger partial charge in [0, 0.05) is 55.9 Å². The number of pyridine rings is 1. The van der Waals surface area contributed by atoms with Crippen LogP contribution in [0.15, 0.2) is 73.2 Å². The molecular weight excluding hydrogens is 526 g/mol. The number of ether oxygens (including phenoxy) is 1. The fourth-order valence-electron chi connectivity index (χ4n) is 5.16. The molecule has 5 rings (SSSR count). The van der Waals surface area contributed by atoms with Crippen molar-refractivity contribution in [1.82, 2.24) is 19.9 Å². The van der Waals surface area contributed by atoms with E-state index >= 15 is 0 Å². The number of amides is 1. The Labute approximate surface area is 245 Å². The highest BCUT2D eigenvalue weighted by Crippen LogP contribution is 2.35. The van der Waals surface area contributed by atoms with Gasteiger partial charge >= 0.3 is 0 Å². The number of allylic oxidation sites excluding steroid dienone is 1. The first-order valence-electron chi connectivity index (χ1n) is 13.9. The number of likely N-dealkylation sites (tertiary alicyclic amines) is 1. The summed E-state index contributed by atoms with van der Waals surface area (Å²) in [5.74, 6) is 1.29. The first-order valence-corrected chi connectivity index (χ1v) is 13.9. The van der Waals surface area contributed by atoms with Gasteiger partial charge in [0.25, 0.3) is 0 Å². The normalized spacial score (nSPS) is 14.0. The van der Waals surface area contributed by atoms with Gasteiger partial charge in [0.2, 0.25) is 17.7 Å². The second-order valence-electron chi connectivity index (χ2n) is 10.5. The van der Waals surface area contributed by atoms with Crippen molar-refractivity contribution in [2.45, 2.75) is 39.3 Å². The lowest BCUT2D eigenvalue weighted by molar-refractivity contribution is 0.1000. The second kappa shape index (κ2) is 13.1. The van der Waals surface area contributed by atoms with Crippen molar-refractivity contribution in [3.05, 3.63) is 101 Å². The third kappa shape index (κ3) is 6.97. The summed E-state index contributed by atoms with van der Waals surface area (Å²) in [7, 11) is 0. The molecule has 212 valence electrons. The molecule has 1 amide bonds. The topological polar surface area (TPSA) is 130 Å². The van der Waals surface area contributed by atoms with Crippen LogP contribution >= 0.6 is 0 Å². The molecule has 4 aromatic rings. The molecule has 2 aromatic carbocycles. The third-order valence-electron chi connectivity index (χ3n) is 7.34. The number of rotatable bonds is 9. The van der Waals surface area contributed by atoms with Gasteiger partial charge in [-0.25, -0.2) is 4.98 Å². The van der Waals surface area contributed by atoms with E-state index in [4.69, 9.17) is 20.7 Å². The quantitative estimate of drug-likeness (QED) is 0.251. The SMILES string of the molecule is Cc1cc(C=CC#N)cc(C)c1Oc1nc(NC2CCN(Cc3ccc(C(N)=O)cc3)CC2)ncc1-c1ccncc1. The van der Waals surface area contributed by atoms with E-state index in [1.807, 2.05) is 56.3 Å². The standard InChI is InChI=1S/C33H33N7O2/c1-22-18-25(4-3-13-34)19-23(2)30(22)42-32-29(26-9-14-36-15-10-26)20-37-33(39-32)38-28-11-16-40(17-12-28)21-24-5-7-27(8-6-24)31(35)41/h3-10,14-15,18-20,28H,11-12,16-17,21H2,1-2H3,(H2,35,41)(H,37,38,39). The lowest BCUT2D eigenvalue weighted by atomic mass is 10.0. The van der Waals surface area contributed by atoms with Crippen molar-refractivity contribution in [3.8, 4) is 28.8 Å². The Morgan fingerprint density at radius 3 is 2.45 bits per heavy atom. The molecule has 0 atom stereocenters. The number of anilines is 1. The van der Waals surface area contributed by atoms with E-state index in [-0.39, 0.29) is 6.04 Å². The number of nitriles is 1. The third-order valence-corrected chi connectivity index (χ3v) is 7.34. The van der Waals surface area contributed by atoms with Crippen molar-refractivity contribution in [2.24, 2.45) is 5.73 Å². The van der Waals surface area contributed by atoms with E-state index in [1.54, 1.807) is 36.8 Å². The number of nitrogens with one attached hydrogen (secondary N) is 1. The van der Waals surface area contributed by atoms with Gasteiger partial charge in [-0.1, -0.05) is 12.1 Å². The molecule has 0 unspecified atom stereocenters. The summed E-state index contributed by atoms with van der Waals surface area (Å²) >= 11 is 0. The number of piperidine rings is 1. The first-order chi connectivity index (χ1) is 20.4. The molecule has 1 saturated heterocycles. The Hall–Kier alpha value is -5.07. The maximum absolute atomic E-state index is 11.3. The van der Waals surface area contributed by atoms with Crippen molar-refractivity contribution < 1.29 is 9.53 Å². The number of nitrogens with zero attached hydrogens (tertiary/aromatic N) is 5. The number of benzene rings is 2. The summed E-state index contributed by atoms with van der Waals surface area (Å²) in [5.41, 5.74) is 11.5. The Morgan fingerprint density at radius 2 is 1.81 bits per heavy atom. The number of nitrogens with two attached hydrogens (primary N) is 1. The van der Waals surface area contributed by atoms with Crippen LogP contribution in [-0.4, -0.2) is 44.9 Å². The molecule has 1 fully saturated rings. The number of hydrogen-bond acceptors (Lipinski definition) is 8. The molecule has 42 heavy (non-hydrogen) atoms. The van der Waals surface area contributed by atoms with Crippen molar-refractivity contribution in [2.75, 3.05) is 18.4 Å². The van der Waals surface area contributed by atoms with Crippen LogP contribution in [0.1, 0.15) is 45.5 Å². The molecule has 0 spiro atoms. The average molecular weight is 560 g/mol. The zero-order valence-electron chi connectivity index (χ0n) is 23.7. The van der Waals surface area contributed by atoms with E-state index in [9.17, 15) is 4.79 Å². The molecule has 2 aromatic heterocycles. The van der Waals surface area contributed by atoms with Crippen LogP contribution < -0.4 is 15.8 Å². The van der Waals surface area contributed by atoms with Gasteiger partial charge in [0.1, 0.15) is 5.75 Å². The summed E-state index contributed by atoms with van der Waals surface area (Å²) in [5, 5.41) is 12.4. The first kappa shape index (κ1) is 28.5. The molecule has 0 radical (unpaired) electrons. The van der Waals surface area contributed by atoms with Crippen LogP contribution in [0.5, 0.6) is 11.6 Å². The molecule has 3 N–H and O–H groups in total. The molecular formula is C33H33N7O2. The summed E-state index contributed by atoms with van der Waals surface area (Å²) in [6, 6.07) is 17.5. The summed E-state index contributed by atoms with van der Waals surface area (Å²) < 4.78 is 6.48. The minimum Gasteiger partial charge on any atom is -0.438 e. The van der Waals surface area contributed by atoms with Gasteiger partial charge in [-0.2, -0.15) is 10.2 Å². The van der Waals surface area contributed by atoms with Crippen LogP contribution in [0.25, 0.3) is 17.2 Å². The molecule has 0 aliphatic carbocycles. The Morgan fingerprint density at radius 1 is 1.12 bits per heavy atom. The number of carbonyl (C=O) groups excluding carboxylic acids is 1. The van der Waals surface area contributed by atoms with Gasteiger partial charge in [-0.3, -0.25) is 14.7 Å². The van der Waals surface area contributed by atoms with Crippen LogP contribution in [-0.2, 0) is 6.54 Å². The monoisotopic (exact) mass is 559 g/mol. The van der Waals surface area contributed by atoms with E-state index in [0.717, 1.165) is 71.6 Å². The fraction of sp³-hybridized carbons (Fsp3) is 0.242. The number of aryl methyl sites for hydroxylation is 2. The molecule has 1 aliphatic heterocycles. The lowest BCUT2D eigenvalue weighted by Crippen LogP contribution is -2.39. The molecule has 9 nitrogen and oxygen atoms in total. The van der Waals surface area contributed by atoms with E-state index in [2.05, 4.69) is 20.2 Å². The van der Waals surface area contributed by atoms with Gasteiger partial charge in [0.05, 0.1) is 11.6 Å². The number of carbonyl (C=O) groups is 1. The van der Waals surface area contributed by atoms with E-state index < -0.39 is 5.91 Å². The number of aromatic nitrogens is 3. The Kier molecular flexibility index (Phi) is 8.85. The highest BCUT2D eigenvalue weighted by Gasteiger charge is 2.21. The van der Waals surface area contributed by atoms with Gasteiger partial charge < -0.3 is 15.8 Å². The van der Waals surface area contributed by atoms with Crippen LogP contribution in [0.2, 0.25) is 0 Å². The highest BCUT2D eigenvalue weighted by atomic mass is 16.5. The smallest absolute Gasteiger partial charge is 0.248 e. The Balaban J connectivity index is 1.30. The van der Waals surface area contributed by atoms with Crippen LogP contribution in [0.4, 0.5) is 5.95 Å². The van der Waals surface area contributed by atoms with Crippen molar-refractivity contribution >= 4 is 17.9 Å². The predicted octanol–water partition coefficient (Wildman–Crippen LogP) is 5.66. The van der Waals surface area contributed by atoms with Gasteiger partial charge in [-0.05, 0) is 97.0 Å². The van der Waals surface area contributed by atoms with E-state index in [1.165, 1.54) is 6.08 Å². The summed E-state index contributed by atoms with van der Waals surface area (Å²) in [6.45, 7) is 6.65. The lowest BCUT2D eigenvalue weighted by Gasteiger charge is -2.32. The molecule has 3 heterocycles. The maximum Gasteiger partial charge on any atom is 0.248 e. The largest absolute Gasteiger partial charge is 0.438 e. The summed E-state index contributed by atoms with van der Waals surface area (Å²) in [4.78, 5) is 27.3. The zero-order valence-corrected chi connectivity index (χ0v) is 23.7. The molecule has 9 heteroatoms. The molecule has 1 aliphatic rings. The van der Waals surface area contributed by atoms with Gasteiger partial charge in [-0.15, -0.1) is 0 Å². The Bertz CT molecular complexity index is 1600. The maximum atomic E-state index is 11.3. The number of hydrogen-bond donors (Lipinski definition) is 2. The van der Waals surface area contributed by atoms with E-state index in [0.29, 0.717) is 17.4 Å². The fourth-order valence-corrected chi connectivity index (χ4v) is 5.16. The zero-order chi connectivity index (χ0) is 29.5. The van der Waals surface area contributed by atoms with Crippen molar-refractivity contribution in [3.63, 3.8) is 0 Å². The highest BCUT2D eigenvalue weighted by molar-refractivity contribution is 5.92.